The number of benzene rings is 1. The van der Waals surface area contributed by atoms with Crippen LogP contribution in [0.5, 0.6) is 0 Å². The van der Waals surface area contributed by atoms with Crippen molar-refractivity contribution in [2.45, 2.75) is 12.6 Å². The number of fused-ring (bicyclic) bond motifs is 3. The van der Waals surface area contributed by atoms with Crippen LogP contribution in [0, 0.1) is 0 Å². The Morgan fingerprint density at radius 3 is 2.52 bits per heavy atom. The molecule has 6 heteroatoms. The zero-order valence-electron chi connectivity index (χ0n) is 14.0. The Bertz CT molecular complexity index is 536. The highest BCUT2D eigenvalue weighted by Gasteiger charge is 2.31. The van der Waals surface area contributed by atoms with Gasteiger partial charge >= 0.3 is 0 Å². The maximum Gasteiger partial charge on any atom is 0.193 e. The number of nitrogens with zero attached hydrogens (tertiary/aromatic N) is 4. The summed E-state index contributed by atoms with van der Waals surface area (Å²) in [5.74, 6) is 0.942. The van der Waals surface area contributed by atoms with Gasteiger partial charge in [0.25, 0.3) is 0 Å². The third-order valence-corrected chi connectivity index (χ3v) is 5.05. The highest BCUT2D eigenvalue weighted by atomic mass is 35.5. The molecule has 23 heavy (non-hydrogen) atoms. The van der Waals surface area contributed by atoms with Crippen LogP contribution in [0.25, 0.3) is 0 Å². The van der Waals surface area contributed by atoms with Gasteiger partial charge in [-0.1, -0.05) is 23.7 Å². The van der Waals surface area contributed by atoms with Crippen LogP contribution < -0.4 is 5.32 Å². The van der Waals surface area contributed by atoms with Crippen LogP contribution >= 0.6 is 11.6 Å². The molecule has 4 rings (SSSR count). The number of hydrogen-bond donors (Lipinski definition) is 1. The smallest absolute Gasteiger partial charge is 0.193 e. The Morgan fingerprint density at radius 1 is 1.26 bits per heavy atom. The highest BCUT2D eigenvalue weighted by molar-refractivity contribution is 6.30. The lowest BCUT2D eigenvalue weighted by Gasteiger charge is -2.47. The average Bonchev–Trinajstić information content (AvgIpc) is 2.58. The van der Waals surface area contributed by atoms with E-state index < -0.39 is 0 Å². The molecule has 3 fully saturated rings. The molecule has 0 radical (unpaired) electrons. The van der Waals surface area contributed by atoms with E-state index in [4.69, 9.17) is 11.6 Å². The van der Waals surface area contributed by atoms with Gasteiger partial charge in [0.2, 0.25) is 0 Å². The van der Waals surface area contributed by atoms with Crippen molar-refractivity contribution in [3.8, 4) is 0 Å². The Kier molecular flexibility index (Phi) is 5.41. The summed E-state index contributed by atoms with van der Waals surface area (Å²) in [7, 11) is 3.91. The Morgan fingerprint density at radius 2 is 1.96 bits per heavy atom. The zero-order valence-corrected chi connectivity index (χ0v) is 14.8. The van der Waals surface area contributed by atoms with Crippen LogP contribution in [0.1, 0.15) is 5.56 Å². The number of guanidine groups is 1. The van der Waals surface area contributed by atoms with Gasteiger partial charge < -0.3 is 10.2 Å². The molecule has 1 aromatic carbocycles. The molecule has 2 bridgehead atoms. The molecule has 1 aromatic rings. The minimum absolute atomic E-state index is 0.596. The van der Waals surface area contributed by atoms with E-state index in [1.165, 1.54) is 38.3 Å². The summed E-state index contributed by atoms with van der Waals surface area (Å²) in [4.78, 5) is 11.7. The Hall–Kier alpha value is -1.30. The van der Waals surface area contributed by atoms with E-state index in [0.29, 0.717) is 6.04 Å². The molecule has 3 aliphatic rings. The second kappa shape index (κ2) is 7.51. The van der Waals surface area contributed by atoms with Crippen molar-refractivity contribution in [1.29, 1.82) is 0 Å². The quantitative estimate of drug-likeness (QED) is 0.665. The number of nitrogens with one attached hydrogen (secondary N) is 1. The van der Waals surface area contributed by atoms with Gasteiger partial charge in [-0.25, -0.2) is 0 Å². The molecule has 0 aliphatic carbocycles. The molecule has 3 saturated heterocycles. The fraction of sp³-hybridized carbons (Fsp3) is 0.588. The average molecular weight is 336 g/mol. The third kappa shape index (κ3) is 4.16. The lowest BCUT2D eigenvalue weighted by Crippen LogP contribution is -2.63. The van der Waals surface area contributed by atoms with Crippen LogP contribution in [-0.2, 0) is 6.54 Å². The minimum atomic E-state index is 0.596. The molecule has 0 amide bonds. The van der Waals surface area contributed by atoms with Crippen molar-refractivity contribution in [2.24, 2.45) is 4.99 Å². The van der Waals surface area contributed by atoms with E-state index in [1.807, 2.05) is 19.2 Å². The highest BCUT2D eigenvalue weighted by Crippen LogP contribution is 2.15. The molecule has 0 aromatic heterocycles. The van der Waals surface area contributed by atoms with Crippen molar-refractivity contribution in [2.75, 3.05) is 53.4 Å². The Labute approximate surface area is 143 Å². The van der Waals surface area contributed by atoms with Crippen molar-refractivity contribution >= 4 is 17.6 Å². The van der Waals surface area contributed by atoms with Gasteiger partial charge in [-0.05, 0) is 17.7 Å². The van der Waals surface area contributed by atoms with E-state index >= 15 is 0 Å². The first-order chi connectivity index (χ1) is 11.2. The van der Waals surface area contributed by atoms with Crippen LogP contribution in [0.4, 0.5) is 0 Å². The lowest BCUT2D eigenvalue weighted by atomic mass is 10.1. The summed E-state index contributed by atoms with van der Waals surface area (Å²) < 4.78 is 0. The SMILES string of the molecule is CN=C(NCC1CN2CCN1CC2)N(C)Cc1ccc(Cl)cc1. The standard InChI is InChI=1S/C17H26ClN5/c1-19-17(21(2)12-14-3-5-15(18)6-4-14)20-11-16-13-22-7-9-23(16)10-8-22/h3-6,16H,7-13H2,1-2H3,(H,19,20). The summed E-state index contributed by atoms with van der Waals surface area (Å²) in [6.45, 7) is 7.79. The van der Waals surface area contributed by atoms with Crippen molar-refractivity contribution in [1.82, 2.24) is 20.0 Å². The molecule has 126 valence electrons. The van der Waals surface area contributed by atoms with Crippen LogP contribution in [-0.4, -0.2) is 80.1 Å². The number of rotatable bonds is 4. The maximum atomic E-state index is 5.95. The van der Waals surface area contributed by atoms with Gasteiger partial charge in [-0.15, -0.1) is 0 Å². The largest absolute Gasteiger partial charge is 0.355 e. The van der Waals surface area contributed by atoms with E-state index in [2.05, 4.69) is 44.2 Å². The summed E-state index contributed by atoms with van der Waals surface area (Å²) in [6, 6.07) is 8.58. The first-order valence-corrected chi connectivity index (χ1v) is 8.66. The fourth-order valence-corrected chi connectivity index (χ4v) is 3.58. The summed E-state index contributed by atoms with van der Waals surface area (Å²) in [5, 5.41) is 4.31. The van der Waals surface area contributed by atoms with Gasteiger partial charge in [0.1, 0.15) is 0 Å². The number of hydrogen-bond acceptors (Lipinski definition) is 3. The summed E-state index contributed by atoms with van der Waals surface area (Å²) in [5.41, 5.74) is 1.23. The lowest BCUT2D eigenvalue weighted by molar-refractivity contribution is 0.0152. The van der Waals surface area contributed by atoms with E-state index in [0.717, 1.165) is 24.1 Å². The predicted octanol–water partition coefficient (Wildman–Crippen LogP) is 1.35. The van der Waals surface area contributed by atoms with Crippen molar-refractivity contribution in [3.63, 3.8) is 0 Å². The van der Waals surface area contributed by atoms with Gasteiger partial charge in [0.15, 0.2) is 5.96 Å². The molecule has 0 saturated carbocycles. The molecular formula is C17H26ClN5. The number of aliphatic imine (C=N–C) groups is 1. The van der Waals surface area contributed by atoms with Gasteiger partial charge in [-0.3, -0.25) is 14.8 Å². The third-order valence-electron chi connectivity index (χ3n) is 4.79. The normalized spacial score (nSPS) is 27.1. The van der Waals surface area contributed by atoms with Crippen LogP contribution in [0.2, 0.25) is 5.02 Å². The molecule has 1 N–H and O–H groups in total. The van der Waals surface area contributed by atoms with E-state index in [9.17, 15) is 0 Å². The molecule has 1 atom stereocenters. The molecule has 0 spiro atoms. The molecular weight excluding hydrogens is 310 g/mol. The predicted molar refractivity (Wildman–Crippen MR) is 96.1 cm³/mol. The first kappa shape index (κ1) is 16.6. The van der Waals surface area contributed by atoms with Gasteiger partial charge in [0, 0.05) is 71.0 Å². The van der Waals surface area contributed by atoms with Crippen LogP contribution in [0.15, 0.2) is 29.3 Å². The summed E-state index contributed by atoms with van der Waals surface area (Å²) >= 11 is 5.95. The first-order valence-electron chi connectivity index (χ1n) is 8.28. The minimum Gasteiger partial charge on any atom is -0.355 e. The Balaban J connectivity index is 1.52. The number of halogens is 1. The topological polar surface area (TPSA) is 34.1 Å². The van der Waals surface area contributed by atoms with Crippen molar-refractivity contribution < 1.29 is 0 Å². The van der Waals surface area contributed by atoms with Crippen LogP contribution in [0.3, 0.4) is 0 Å². The zero-order chi connectivity index (χ0) is 16.2. The molecule has 3 heterocycles. The van der Waals surface area contributed by atoms with Gasteiger partial charge in [0.05, 0.1) is 0 Å². The fourth-order valence-electron chi connectivity index (χ4n) is 3.45. The van der Waals surface area contributed by atoms with Crippen molar-refractivity contribution in [3.05, 3.63) is 34.9 Å². The second-order valence-corrected chi connectivity index (χ2v) is 6.84. The monoisotopic (exact) mass is 335 g/mol. The second-order valence-electron chi connectivity index (χ2n) is 6.40. The summed E-state index contributed by atoms with van der Waals surface area (Å²) in [6.07, 6.45) is 0. The molecule has 1 unspecified atom stereocenters. The number of piperazine rings is 3. The molecule has 3 aliphatic heterocycles. The van der Waals surface area contributed by atoms with Gasteiger partial charge in [-0.2, -0.15) is 0 Å². The maximum absolute atomic E-state index is 5.95. The van der Waals surface area contributed by atoms with E-state index in [-0.39, 0.29) is 0 Å². The van der Waals surface area contributed by atoms with E-state index in [1.54, 1.807) is 0 Å². The molecule has 5 nitrogen and oxygen atoms in total.